The van der Waals surface area contributed by atoms with Gasteiger partial charge in [0, 0.05) is 28.5 Å². The van der Waals surface area contributed by atoms with Crippen LogP contribution in [0.25, 0.3) is 0 Å². The Morgan fingerprint density at radius 3 is 2.68 bits per heavy atom. The largest absolute Gasteiger partial charge is 0.379 e. The molecule has 0 atom stereocenters. The smallest absolute Gasteiger partial charge is 0.213 e. The molecule has 3 rings (SSSR count). The quantitative estimate of drug-likeness (QED) is 0.718. The van der Waals surface area contributed by atoms with Crippen molar-refractivity contribution < 1.29 is 4.79 Å². The first-order valence-corrected chi connectivity index (χ1v) is 7.82. The zero-order chi connectivity index (χ0) is 15.4. The predicted molar refractivity (Wildman–Crippen MR) is 88.6 cm³/mol. The molecule has 110 valence electrons. The van der Waals surface area contributed by atoms with Gasteiger partial charge in [-0.15, -0.1) is 11.3 Å². The molecule has 0 saturated carbocycles. The van der Waals surface area contributed by atoms with Gasteiger partial charge in [0.05, 0.1) is 6.54 Å². The van der Waals surface area contributed by atoms with Crippen molar-refractivity contribution in [1.29, 1.82) is 0 Å². The number of rotatable bonds is 5. The summed E-state index contributed by atoms with van der Waals surface area (Å²) in [5.41, 5.74) is 1.79. The third kappa shape index (κ3) is 3.32. The highest BCUT2D eigenvalue weighted by Crippen LogP contribution is 2.22. The van der Waals surface area contributed by atoms with Crippen LogP contribution in [0.3, 0.4) is 0 Å². The monoisotopic (exact) mass is 329 g/mol. The Balaban J connectivity index is 1.82. The highest BCUT2D eigenvalue weighted by Gasteiger charge is 2.14. The van der Waals surface area contributed by atoms with Gasteiger partial charge >= 0.3 is 0 Å². The molecule has 0 amide bonds. The van der Waals surface area contributed by atoms with Gasteiger partial charge in [-0.25, -0.2) is 4.98 Å². The van der Waals surface area contributed by atoms with Gasteiger partial charge in [0.15, 0.2) is 4.47 Å². The van der Waals surface area contributed by atoms with Gasteiger partial charge in [-0.2, -0.15) is 0 Å². The Bertz CT molecular complexity index is 789. The number of nitrogens with one attached hydrogen (secondary N) is 1. The number of anilines is 1. The molecule has 0 aliphatic rings. The fourth-order valence-corrected chi connectivity index (χ4v) is 2.94. The summed E-state index contributed by atoms with van der Waals surface area (Å²) in [5, 5.41) is 3.26. The average Bonchev–Trinajstić information content (AvgIpc) is 2.99. The summed E-state index contributed by atoms with van der Waals surface area (Å²) in [5.74, 6) is -0.106. The van der Waals surface area contributed by atoms with Gasteiger partial charge in [0.2, 0.25) is 5.78 Å². The molecule has 0 radical (unpaired) electrons. The number of carbonyl (C=O) groups is 1. The lowest BCUT2D eigenvalue weighted by Crippen LogP contribution is -2.08. The third-order valence-electron chi connectivity index (χ3n) is 3.05. The molecular weight excluding hydrogens is 318 g/mol. The second-order valence-electron chi connectivity index (χ2n) is 4.52. The van der Waals surface area contributed by atoms with E-state index < -0.39 is 0 Å². The number of hydrogen-bond donors (Lipinski definition) is 1. The van der Waals surface area contributed by atoms with E-state index in [0.29, 0.717) is 22.3 Å². The van der Waals surface area contributed by atoms with Gasteiger partial charge in [-0.05, 0) is 24.3 Å². The van der Waals surface area contributed by atoms with E-state index in [-0.39, 0.29) is 5.78 Å². The molecular formula is C16H12ClN3OS. The van der Waals surface area contributed by atoms with Crippen LogP contribution in [0.4, 0.5) is 5.69 Å². The van der Waals surface area contributed by atoms with Crippen molar-refractivity contribution in [2.24, 2.45) is 0 Å². The molecule has 0 fully saturated rings. The fourth-order valence-electron chi connectivity index (χ4n) is 2.02. The Morgan fingerprint density at radius 2 is 1.95 bits per heavy atom. The van der Waals surface area contributed by atoms with Crippen LogP contribution >= 0.6 is 22.9 Å². The second-order valence-corrected chi connectivity index (χ2v) is 6.22. The van der Waals surface area contributed by atoms with E-state index in [0.717, 1.165) is 10.6 Å². The highest BCUT2D eigenvalue weighted by molar-refractivity contribution is 7.15. The number of benzene rings is 1. The van der Waals surface area contributed by atoms with Crippen molar-refractivity contribution in [1.82, 2.24) is 9.97 Å². The van der Waals surface area contributed by atoms with Crippen molar-refractivity contribution in [3.05, 3.63) is 75.5 Å². The molecule has 0 aliphatic carbocycles. The van der Waals surface area contributed by atoms with Crippen LogP contribution in [0.2, 0.25) is 4.47 Å². The summed E-state index contributed by atoms with van der Waals surface area (Å²) in [7, 11) is 0. The molecule has 4 nitrogen and oxygen atoms in total. The first-order chi connectivity index (χ1) is 10.7. The van der Waals surface area contributed by atoms with E-state index in [1.165, 1.54) is 11.3 Å². The summed E-state index contributed by atoms with van der Waals surface area (Å²) < 4.78 is 0.509. The van der Waals surface area contributed by atoms with Crippen LogP contribution in [0, 0.1) is 0 Å². The zero-order valence-electron chi connectivity index (χ0n) is 11.5. The lowest BCUT2D eigenvalue weighted by molar-refractivity contribution is 0.103. The van der Waals surface area contributed by atoms with Crippen molar-refractivity contribution in [2.75, 3.05) is 5.32 Å². The molecule has 0 spiro atoms. The summed E-state index contributed by atoms with van der Waals surface area (Å²) in [6, 6.07) is 12.7. The lowest BCUT2D eigenvalue weighted by atomic mass is 10.1. The fraction of sp³-hybridized carbons (Fsp3) is 0.0625. The number of hydrogen-bond acceptors (Lipinski definition) is 5. The zero-order valence-corrected chi connectivity index (χ0v) is 13.1. The van der Waals surface area contributed by atoms with E-state index in [1.54, 1.807) is 36.7 Å². The number of halogens is 1. The highest BCUT2D eigenvalue weighted by atomic mass is 35.5. The summed E-state index contributed by atoms with van der Waals surface area (Å²) in [6.45, 7) is 0.566. The molecule has 1 aromatic carbocycles. The summed E-state index contributed by atoms with van der Waals surface area (Å²) in [6.07, 6.45) is 3.34. The molecule has 0 bridgehead atoms. The van der Waals surface area contributed by atoms with Crippen LogP contribution in [0.1, 0.15) is 20.9 Å². The number of carbonyl (C=O) groups excluding carboxylic acids is 1. The SMILES string of the molecule is O=C(c1ccccn1)c1ccccc1NCc1cnc(Cl)s1. The van der Waals surface area contributed by atoms with Crippen LogP contribution in [0.15, 0.2) is 54.9 Å². The molecule has 1 N–H and O–H groups in total. The van der Waals surface area contributed by atoms with E-state index in [9.17, 15) is 4.79 Å². The van der Waals surface area contributed by atoms with E-state index in [2.05, 4.69) is 15.3 Å². The van der Waals surface area contributed by atoms with E-state index in [1.807, 2.05) is 18.2 Å². The predicted octanol–water partition coefficient (Wildman–Crippen LogP) is 4.03. The van der Waals surface area contributed by atoms with Gasteiger partial charge in [-0.3, -0.25) is 9.78 Å². The van der Waals surface area contributed by atoms with Gasteiger partial charge in [0.25, 0.3) is 0 Å². The number of pyridine rings is 1. The van der Waals surface area contributed by atoms with Crippen molar-refractivity contribution in [2.45, 2.75) is 6.54 Å². The number of thiazole rings is 1. The Labute approximate surface area is 136 Å². The van der Waals surface area contributed by atoms with Crippen LogP contribution in [-0.2, 0) is 6.54 Å². The number of aromatic nitrogens is 2. The van der Waals surface area contributed by atoms with Crippen molar-refractivity contribution in [3.8, 4) is 0 Å². The Morgan fingerprint density at radius 1 is 1.14 bits per heavy atom. The maximum Gasteiger partial charge on any atom is 0.213 e. The summed E-state index contributed by atoms with van der Waals surface area (Å²) in [4.78, 5) is 21.7. The molecule has 0 saturated heterocycles. The number of ketones is 1. The first-order valence-electron chi connectivity index (χ1n) is 6.63. The Hall–Kier alpha value is -2.24. The van der Waals surface area contributed by atoms with E-state index in [4.69, 9.17) is 11.6 Å². The second kappa shape index (κ2) is 6.68. The lowest BCUT2D eigenvalue weighted by Gasteiger charge is -2.10. The standard InChI is InChI=1S/C16H12ClN3OS/c17-16-20-10-11(22-16)9-19-13-6-2-1-5-12(13)15(21)14-7-3-4-8-18-14/h1-8,10,19H,9H2. The number of nitrogens with zero attached hydrogens (tertiary/aromatic N) is 2. The molecule has 22 heavy (non-hydrogen) atoms. The third-order valence-corrected chi connectivity index (χ3v) is 4.16. The van der Waals surface area contributed by atoms with Crippen LogP contribution in [-0.4, -0.2) is 15.8 Å². The van der Waals surface area contributed by atoms with Gasteiger partial charge in [-0.1, -0.05) is 29.8 Å². The maximum atomic E-state index is 12.5. The van der Waals surface area contributed by atoms with Crippen molar-refractivity contribution in [3.63, 3.8) is 0 Å². The van der Waals surface area contributed by atoms with Crippen LogP contribution < -0.4 is 5.32 Å². The molecule has 2 heterocycles. The molecule has 6 heteroatoms. The molecule has 0 aliphatic heterocycles. The van der Waals surface area contributed by atoms with Gasteiger partial charge in [0.1, 0.15) is 5.69 Å². The van der Waals surface area contributed by atoms with Crippen molar-refractivity contribution >= 4 is 34.4 Å². The topological polar surface area (TPSA) is 54.9 Å². The molecule has 2 aromatic heterocycles. The minimum Gasteiger partial charge on any atom is -0.379 e. The maximum absolute atomic E-state index is 12.5. The van der Waals surface area contributed by atoms with Crippen LogP contribution in [0.5, 0.6) is 0 Å². The molecule has 0 unspecified atom stereocenters. The Kier molecular flexibility index (Phi) is 4.46. The van der Waals surface area contributed by atoms with E-state index >= 15 is 0 Å². The normalized spacial score (nSPS) is 10.4. The number of para-hydroxylation sites is 1. The first kappa shape index (κ1) is 14.7. The minimum atomic E-state index is -0.106. The summed E-state index contributed by atoms with van der Waals surface area (Å²) >= 11 is 7.23. The average molecular weight is 330 g/mol. The molecule has 3 aromatic rings. The minimum absolute atomic E-state index is 0.106. The van der Waals surface area contributed by atoms with Gasteiger partial charge < -0.3 is 5.32 Å².